The molecule has 3 heteroatoms. The molecule has 0 saturated heterocycles. The molecule has 0 radical (unpaired) electrons. The number of nitrogens with zero attached hydrogens (tertiary/aromatic N) is 2. The highest BCUT2D eigenvalue weighted by Gasteiger charge is 2.17. The van der Waals surface area contributed by atoms with E-state index >= 15 is 0 Å². The Labute approximate surface area is 206 Å². The van der Waals surface area contributed by atoms with Crippen molar-refractivity contribution in [2.45, 2.75) is 6.85 Å². The average molecular weight is 456 g/mol. The Morgan fingerprint density at radius 1 is 0.657 bits per heavy atom. The lowest BCUT2D eigenvalue weighted by atomic mass is 9.94. The van der Waals surface area contributed by atoms with E-state index in [9.17, 15) is 4.39 Å². The van der Waals surface area contributed by atoms with Crippen molar-refractivity contribution in [3.05, 3.63) is 121 Å². The van der Waals surface area contributed by atoms with E-state index in [1.54, 1.807) is 24.3 Å². The first-order valence-corrected chi connectivity index (χ1v) is 11.5. The number of hydrogen-bond acceptors (Lipinski definition) is 1. The van der Waals surface area contributed by atoms with Crippen LogP contribution in [0.25, 0.3) is 60.4 Å². The highest BCUT2D eigenvalue weighted by Crippen LogP contribution is 2.37. The second-order valence-electron chi connectivity index (χ2n) is 8.77. The summed E-state index contributed by atoms with van der Waals surface area (Å²) in [5.41, 5.74) is 2.80. The molecule has 0 aliphatic heterocycles. The van der Waals surface area contributed by atoms with Gasteiger partial charge >= 0.3 is 0 Å². The fourth-order valence-corrected chi connectivity index (χ4v) is 5.21. The van der Waals surface area contributed by atoms with Gasteiger partial charge in [-0.1, -0.05) is 66.7 Å². The molecular weight excluding hydrogens is 431 g/mol. The van der Waals surface area contributed by atoms with Crippen LogP contribution in [-0.2, 0) is 0 Å². The Morgan fingerprint density at radius 2 is 1.29 bits per heavy atom. The minimum absolute atomic E-state index is 0.222. The Kier molecular flexibility index (Phi) is 3.65. The van der Waals surface area contributed by atoms with Crippen LogP contribution in [0.2, 0.25) is 0 Å². The lowest BCUT2D eigenvalue weighted by molar-refractivity contribution is 0.628. The maximum atomic E-state index is 13.8. The second kappa shape index (κ2) is 7.51. The summed E-state index contributed by atoms with van der Waals surface area (Å²) in [6, 6.07) is 34.2. The first-order chi connectivity index (χ1) is 18.4. The topological polar surface area (TPSA) is 17.8 Å². The highest BCUT2D eigenvalue weighted by molar-refractivity contribution is 6.25. The molecule has 0 amide bonds. The summed E-state index contributed by atoms with van der Waals surface area (Å²) in [5.74, 6) is 0.213. The van der Waals surface area contributed by atoms with E-state index < -0.39 is 6.85 Å². The molecule has 0 atom stereocenters. The summed E-state index contributed by atoms with van der Waals surface area (Å²) < 4.78 is 40.4. The molecule has 0 bridgehead atoms. The van der Waals surface area contributed by atoms with Crippen LogP contribution in [-0.4, -0.2) is 9.55 Å². The summed E-state index contributed by atoms with van der Waals surface area (Å²) in [5, 5.41) is 6.80. The van der Waals surface area contributed by atoms with Crippen molar-refractivity contribution >= 4 is 43.4 Å². The van der Waals surface area contributed by atoms with Gasteiger partial charge in [-0.05, 0) is 87.2 Å². The standard InChI is InChI=1S/C32H21FN2/c1-20-7-6-12-30-31(20)35(32(34-30)21-13-15-22(33)16-14-21)23-17-18-28-26-10-3-2-8-24(26)25-9-4-5-11-27(25)29(28)19-23/h2-19H,1H3/i1D3. The zero-order valence-electron chi connectivity index (χ0n) is 21.7. The number of halogens is 1. The van der Waals surface area contributed by atoms with Crippen LogP contribution in [0.3, 0.4) is 0 Å². The number of benzene rings is 6. The zero-order chi connectivity index (χ0) is 26.0. The molecule has 7 aromatic rings. The van der Waals surface area contributed by atoms with Gasteiger partial charge in [-0.15, -0.1) is 0 Å². The van der Waals surface area contributed by atoms with Crippen LogP contribution >= 0.6 is 0 Å². The monoisotopic (exact) mass is 455 g/mol. The second-order valence-corrected chi connectivity index (χ2v) is 8.77. The van der Waals surface area contributed by atoms with Crippen molar-refractivity contribution in [3.63, 3.8) is 0 Å². The number of hydrogen-bond donors (Lipinski definition) is 0. The molecule has 0 aliphatic rings. The maximum Gasteiger partial charge on any atom is 0.145 e. The molecule has 0 aliphatic carbocycles. The molecule has 0 spiro atoms. The first kappa shape index (κ1) is 17.0. The van der Waals surface area contributed by atoms with Crippen LogP contribution in [0, 0.1) is 12.7 Å². The van der Waals surface area contributed by atoms with Gasteiger partial charge in [0.15, 0.2) is 0 Å². The van der Waals surface area contributed by atoms with Gasteiger partial charge in [0.25, 0.3) is 0 Å². The Hall–Kier alpha value is -4.50. The van der Waals surface area contributed by atoms with E-state index in [2.05, 4.69) is 42.5 Å². The third-order valence-corrected chi connectivity index (χ3v) is 6.76. The van der Waals surface area contributed by atoms with Crippen molar-refractivity contribution in [1.82, 2.24) is 9.55 Å². The summed E-state index contributed by atoms with van der Waals surface area (Å²) >= 11 is 0. The predicted molar refractivity (Wildman–Crippen MR) is 144 cm³/mol. The SMILES string of the molecule is [2H]C([2H])([2H])c1cccc2nc(-c3ccc(F)cc3)n(-c3ccc4c5ccccc5c5ccccc5c4c3)c12. The molecule has 35 heavy (non-hydrogen) atoms. The van der Waals surface area contributed by atoms with Crippen LogP contribution in [0.5, 0.6) is 0 Å². The zero-order valence-corrected chi connectivity index (χ0v) is 18.7. The molecule has 1 heterocycles. The van der Waals surface area contributed by atoms with Crippen LogP contribution in [0.4, 0.5) is 4.39 Å². The van der Waals surface area contributed by atoms with Gasteiger partial charge in [0, 0.05) is 15.4 Å². The minimum atomic E-state index is -2.34. The Morgan fingerprint density at radius 3 is 1.94 bits per heavy atom. The fourth-order valence-electron chi connectivity index (χ4n) is 5.21. The summed E-state index contributed by atoms with van der Waals surface area (Å²) in [7, 11) is 0. The summed E-state index contributed by atoms with van der Waals surface area (Å²) in [4.78, 5) is 4.85. The van der Waals surface area contributed by atoms with Gasteiger partial charge in [-0.2, -0.15) is 0 Å². The van der Waals surface area contributed by atoms with Gasteiger partial charge in [0.2, 0.25) is 0 Å². The summed E-state index contributed by atoms with van der Waals surface area (Å²) in [6.45, 7) is -2.34. The molecule has 0 saturated carbocycles. The number of imidazole rings is 1. The first-order valence-electron chi connectivity index (χ1n) is 13.0. The van der Waals surface area contributed by atoms with E-state index in [1.807, 2.05) is 34.9 Å². The fraction of sp³-hybridized carbons (Fsp3) is 0.0312. The normalized spacial score (nSPS) is 13.3. The van der Waals surface area contributed by atoms with Crippen LogP contribution < -0.4 is 0 Å². The van der Waals surface area contributed by atoms with Crippen LogP contribution in [0.1, 0.15) is 9.68 Å². The minimum Gasteiger partial charge on any atom is -0.292 e. The van der Waals surface area contributed by atoms with Gasteiger partial charge < -0.3 is 0 Å². The smallest absolute Gasteiger partial charge is 0.145 e. The van der Waals surface area contributed by atoms with Crippen molar-refractivity contribution in [1.29, 1.82) is 0 Å². The molecule has 0 unspecified atom stereocenters. The average Bonchev–Trinajstić information content (AvgIpc) is 3.32. The number of aryl methyl sites for hydroxylation is 1. The molecule has 0 fully saturated rings. The number of rotatable bonds is 2. The number of para-hydroxylation sites is 1. The van der Waals surface area contributed by atoms with Crippen molar-refractivity contribution in [2.75, 3.05) is 0 Å². The van der Waals surface area contributed by atoms with E-state index in [-0.39, 0.29) is 11.4 Å². The van der Waals surface area contributed by atoms with E-state index in [4.69, 9.17) is 9.10 Å². The quantitative estimate of drug-likeness (QED) is 0.239. The lowest BCUT2D eigenvalue weighted by Crippen LogP contribution is -1.99. The van der Waals surface area contributed by atoms with Gasteiger partial charge in [-0.3, -0.25) is 4.57 Å². The van der Waals surface area contributed by atoms with Crippen molar-refractivity contribution in [3.8, 4) is 17.1 Å². The lowest BCUT2D eigenvalue weighted by Gasteiger charge is -2.15. The summed E-state index contributed by atoms with van der Waals surface area (Å²) in [6.07, 6.45) is 0. The molecule has 166 valence electrons. The predicted octanol–water partition coefficient (Wildman–Crippen LogP) is 8.60. The van der Waals surface area contributed by atoms with Gasteiger partial charge in [0.05, 0.1) is 11.0 Å². The molecule has 0 N–H and O–H groups in total. The highest BCUT2D eigenvalue weighted by atomic mass is 19.1. The Bertz CT molecular complexity index is 1990. The molecule has 6 aromatic carbocycles. The van der Waals surface area contributed by atoms with Gasteiger partial charge in [-0.25, -0.2) is 9.37 Å². The van der Waals surface area contributed by atoms with E-state index in [1.165, 1.54) is 17.5 Å². The molecule has 2 nitrogen and oxygen atoms in total. The molecule has 1 aromatic heterocycles. The Balaban J connectivity index is 1.62. The number of aromatic nitrogens is 2. The van der Waals surface area contributed by atoms with Crippen molar-refractivity contribution in [2.24, 2.45) is 0 Å². The van der Waals surface area contributed by atoms with E-state index in [0.29, 0.717) is 22.4 Å². The molecular formula is C32H21FN2. The van der Waals surface area contributed by atoms with E-state index in [0.717, 1.165) is 32.6 Å². The van der Waals surface area contributed by atoms with Gasteiger partial charge in [0.1, 0.15) is 11.6 Å². The van der Waals surface area contributed by atoms with Crippen LogP contribution in [0.15, 0.2) is 109 Å². The largest absolute Gasteiger partial charge is 0.292 e. The third-order valence-electron chi connectivity index (χ3n) is 6.76. The number of fused-ring (bicyclic) bond motifs is 7. The molecule has 7 rings (SSSR count). The maximum absolute atomic E-state index is 13.8. The third kappa shape index (κ3) is 2.98. The van der Waals surface area contributed by atoms with Crippen molar-refractivity contribution < 1.29 is 8.50 Å².